The first-order chi connectivity index (χ1) is 7.06. The normalized spacial score (nSPS) is 13.9. The predicted molar refractivity (Wildman–Crippen MR) is 64.8 cm³/mol. The molecule has 0 bridgehead atoms. The van der Waals surface area contributed by atoms with Gasteiger partial charge in [-0.3, -0.25) is 0 Å². The minimum atomic E-state index is 0.259. The summed E-state index contributed by atoms with van der Waals surface area (Å²) in [4.78, 5) is 0. The number of hydrogen-bond acceptors (Lipinski definition) is 1. The Balaban J connectivity index is 2.44. The molecule has 0 spiro atoms. The van der Waals surface area contributed by atoms with Crippen LogP contribution in [0.3, 0.4) is 0 Å². The quantitative estimate of drug-likeness (QED) is 0.706. The van der Waals surface area contributed by atoms with Gasteiger partial charge in [-0.25, -0.2) is 0 Å². The van der Waals surface area contributed by atoms with E-state index in [9.17, 15) is 0 Å². The highest BCUT2D eigenvalue weighted by Gasteiger charge is 2.24. The molecule has 1 aromatic carbocycles. The lowest BCUT2D eigenvalue weighted by Crippen LogP contribution is -2.28. The topological polar surface area (TPSA) is 9.23 Å². The molecule has 1 heteroatoms. The van der Waals surface area contributed by atoms with Crippen molar-refractivity contribution in [3.05, 3.63) is 35.9 Å². The van der Waals surface area contributed by atoms with E-state index in [0.717, 1.165) is 6.42 Å². The van der Waals surface area contributed by atoms with Gasteiger partial charge in [-0.05, 0) is 24.3 Å². The van der Waals surface area contributed by atoms with Crippen molar-refractivity contribution >= 4 is 0 Å². The van der Waals surface area contributed by atoms with E-state index in [4.69, 9.17) is 4.74 Å². The zero-order valence-corrected chi connectivity index (χ0v) is 10.3. The molecule has 0 aliphatic heterocycles. The summed E-state index contributed by atoms with van der Waals surface area (Å²) < 4.78 is 5.88. The fourth-order valence-corrected chi connectivity index (χ4v) is 1.31. The molecule has 1 rings (SSSR count). The Morgan fingerprint density at radius 1 is 1.20 bits per heavy atom. The fourth-order valence-electron chi connectivity index (χ4n) is 1.31. The van der Waals surface area contributed by atoms with Gasteiger partial charge in [0.1, 0.15) is 0 Å². The molecule has 0 radical (unpaired) electrons. The lowest BCUT2D eigenvalue weighted by Gasteiger charge is -2.30. The van der Waals surface area contributed by atoms with Crippen LogP contribution in [0.4, 0.5) is 0 Å². The second kappa shape index (κ2) is 5.32. The van der Waals surface area contributed by atoms with Crippen molar-refractivity contribution in [2.24, 2.45) is 5.41 Å². The van der Waals surface area contributed by atoms with E-state index in [1.54, 1.807) is 0 Å². The average Bonchev–Trinajstić information content (AvgIpc) is 2.27. The first-order valence-electron chi connectivity index (χ1n) is 5.72. The van der Waals surface area contributed by atoms with Gasteiger partial charge >= 0.3 is 0 Å². The zero-order chi connectivity index (χ0) is 11.3. The van der Waals surface area contributed by atoms with Crippen LogP contribution in [-0.2, 0) is 11.3 Å². The first-order valence-corrected chi connectivity index (χ1v) is 5.72. The molecule has 0 aliphatic carbocycles. The van der Waals surface area contributed by atoms with Crippen LogP contribution in [0.5, 0.6) is 0 Å². The summed E-state index contributed by atoms with van der Waals surface area (Å²) in [6.45, 7) is 9.59. The largest absolute Gasteiger partial charge is 0.373 e. The van der Waals surface area contributed by atoms with Crippen molar-refractivity contribution in [1.82, 2.24) is 0 Å². The third kappa shape index (κ3) is 3.67. The van der Waals surface area contributed by atoms with E-state index in [2.05, 4.69) is 39.8 Å². The van der Waals surface area contributed by atoms with Gasteiger partial charge in [0.25, 0.3) is 0 Å². The molecule has 0 aromatic heterocycles. The Morgan fingerprint density at radius 2 is 1.80 bits per heavy atom. The van der Waals surface area contributed by atoms with Crippen LogP contribution in [0.15, 0.2) is 30.3 Å². The molecule has 0 amide bonds. The third-order valence-electron chi connectivity index (χ3n) is 3.35. The summed E-state index contributed by atoms with van der Waals surface area (Å²) >= 11 is 0. The van der Waals surface area contributed by atoms with Gasteiger partial charge < -0.3 is 4.74 Å². The van der Waals surface area contributed by atoms with E-state index in [1.807, 2.05) is 18.2 Å². The van der Waals surface area contributed by atoms with Crippen molar-refractivity contribution in [1.29, 1.82) is 0 Å². The molecule has 0 N–H and O–H groups in total. The van der Waals surface area contributed by atoms with Crippen molar-refractivity contribution in [3.63, 3.8) is 0 Å². The van der Waals surface area contributed by atoms with Crippen LogP contribution in [0, 0.1) is 5.41 Å². The van der Waals surface area contributed by atoms with E-state index in [-0.39, 0.29) is 5.41 Å². The summed E-state index contributed by atoms with van der Waals surface area (Å²) in [6.07, 6.45) is 1.44. The minimum Gasteiger partial charge on any atom is -0.373 e. The summed E-state index contributed by atoms with van der Waals surface area (Å²) in [5.41, 5.74) is 1.51. The lowest BCUT2D eigenvalue weighted by molar-refractivity contribution is -0.0249. The highest BCUT2D eigenvalue weighted by atomic mass is 16.5. The molecule has 0 heterocycles. The molecular weight excluding hydrogens is 184 g/mol. The molecule has 1 aromatic rings. The van der Waals surface area contributed by atoms with Gasteiger partial charge in [0.15, 0.2) is 0 Å². The Morgan fingerprint density at radius 3 is 2.33 bits per heavy atom. The van der Waals surface area contributed by atoms with Crippen LogP contribution in [-0.4, -0.2) is 6.10 Å². The molecule has 15 heavy (non-hydrogen) atoms. The third-order valence-corrected chi connectivity index (χ3v) is 3.35. The maximum atomic E-state index is 5.88. The number of rotatable bonds is 5. The first kappa shape index (κ1) is 12.3. The Kier molecular flexibility index (Phi) is 4.34. The van der Waals surface area contributed by atoms with Gasteiger partial charge in [0, 0.05) is 0 Å². The van der Waals surface area contributed by atoms with Crippen LogP contribution >= 0.6 is 0 Å². The molecule has 1 atom stereocenters. The zero-order valence-electron chi connectivity index (χ0n) is 10.3. The Labute approximate surface area is 93.5 Å². The maximum absolute atomic E-state index is 5.88. The Bertz CT molecular complexity index is 277. The maximum Gasteiger partial charge on any atom is 0.0720 e. The summed E-state index contributed by atoms with van der Waals surface area (Å²) in [5, 5.41) is 0. The molecular formula is C14H22O. The van der Waals surface area contributed by atoms with Gasteiger partial charge in [0.2, 0.25) is 0 Å². The molecule has 1 nitrogen and oxygen atoms in total. The van der Waals surface area contributed by atoms with Crippen LogP contribution < -0.4 is 0 Å². The Hall–Kier alpha value is -0.820. The van der Waals surface area contributed by atoms with Gasteiger partial charge in [0.05, 0.1) is 12.7 Å². The number of ether oxygens (including phenoxy) is 1. The molecule has 1 unspecified atom stereocenters. The second-order valence-electron chi connectivity index (χ2n) is 4.78. The van der Waals surface area contributed by atoms with Gasteiger partial charge in [-0.1, -0.05) is 51.1 Å². The summed E-state index contributed by atoms with van der Waals surface area (Å²) in [6, 6.07) is 10.3. The van der Waals surface area contributed by atoms with Crippen molar-refractivity contribution < 1.29 is 4.74 Å². The van der Waals surface area contributed by atoms with E-state index < -0.39 is 0 Å². The second-order valence-corrected chi connectivity index (χ2v) is 4.78. The summed E-state index contributed by atoms with van der Waals surface area (Å²) in [7, 11) is 0. The highest BCUT2D eigenvalue weighted by Crippen LogP contribution is 2.27. The number of benzene rings is 1. The van der Waals surface area contributed by atoms with Crippen molar-refractivity contribution in [2.75, 3.05) is 0 Å². The highest BCUT2D eigenvalue weighted by molar-refractivity contribution is 5.13. The SMILES string of the molecule is CCC(C)(C)C(C)OCc1ccccc1. The molecule has 0 fully saturated rings. The predicted octanol–water partition coefficient (Wildman–Crippen LogP) is 4.03. The molecule has 84 valence electrons. The smallest absolute Gasteiger partial charge is 0.0720 e. The monoisotopic (exact) mass is 206 g/mol. The molecule has 0 saturated carbocycles. The van der Waals surface area contributed by atoms with Crippen molar-refractivity contribution in [3.8, 4) is 0 Å². The summed E-state index contributed by atoms with van der Waals surface area (Å²) in [5.74, 6) is 0. The van der Waals surface area contributed by atoms with Crippen LogP contribution in [0.25, 0.3) is 0 Å². The van der Waals surface area contributed by atoms with E-state index in [0.29, 0.717) is 12.7 Å². The van der Waals surface area contributed by atoms with Crippen LogP contribution in [0.1, 0.15) is 39.7 Å². The lowest BCUT2D eigenvalue weighted by atomic mass is 9.85. The van der Waals surface area contributed by atoms with Crippen LogP contribution in [0.2, 0.25) is 0 Å². The molecule has 0 saturated heterocycles. The fraction of sp³-hybridized carbons (Fsp3) is 0.571. The van der Waals surface area contributed by atoms with Gasteiger partial charge in [-0.15, -0.1) is 0 Å². The van der Waals surface area contributed by atoms with Crippen molar-refractivity contribution in [2.45, 2.75) is 46.8 Å². The standard InChI is InChI=1S/C14H22O/c1-5-14(3,4)12(2)15-11-13-9-7-6-8-10-13/h6-10,12H,5,11H2,1-4H3. The average molecular weight is 206 g/mol. The molecule has 0 aliphatic rings. The van der Waals surface area contributed by atoms with Gasteiger partial charge in [-0.2, -0.15) is 0 Å². The number of hydrogen-bond donors (Lipinski definition) is 0. The van der Waals surface area contributed by atoms with E-state index in [1.165, 1.54) is 5.56 Å². The minimum absolute atomic E-state index is 0.259. The van der Waals surface area contributed by atoms with E-state index >= 15 is 0 Å².